The molecular formula is C32H40N6O. The minimum atomic E-state index is 0.388. The minimum absolute atomic E-state index is 0.388. The van der Waals surface area contributed by atoms with E-state index in [-0.39, 0.29) is 0 Å². The lowest BCUT2D eigenvalue weighted by atomic mass is 9.87. The Balaban J connectivity index is 1.48. The van der Waals surface area contributed by atoms with E-state index in [0.717, 1.165) is 68.1 Å². The molecule has 0 spiro atoms. The summed E-state index contributed by atoms with van der Waals surface area (Å²) in [4.78, 5) is 12.4. The highest BCUT2D eigenvalue weighted by Crippen LogP contribution is 2.40. The summed E-state index contributed by atoms with van der Waals surface area (Å²) < 4.78 is 8.50. The molecule has 1 saturated heterocycles. The number of rotatable bonds is 7. The second kappa shape index (κ2) is 13.1. The van der Waals surface area contributed by atoms with Crippen LogP contribution in [0.5, 0.6) is 6.01 Å². The molecule has 1 aliphatic carbocycles. The molecule has 0 radical (unpaired) electrons. The van der Waals surface area contributed by atoms with Crippen LogP contribution in [0.1, 0.15) is 88.2 Å². The average Bonchev–Trinajstić information content (AvgIpc) is 3.49. The Morgan fingerprint density at radius 1 is 1.00 bits per heavy atom. The number of nitriles is 2. The van der Waals surface area contributed by atoms with Crippen molar-refractivity contribution >= 4 is 5.65 Å². The largest absolute Gasteiger partial charge is 0.464 e. The minimum Gasteiger partial charge on any atom is -0.464 e. The van der Waals surface area contributed by atoms with Crippen molar-refractivity contribution in [3.05, 3.63) is 47.8 Å². The highest BCUT2D eigenvalue weighted by Gasteiger charge is 2.26. The quantitative estimate of drug-likeness (QED) is 0.340. The normalized spacial score (nSPS) is 22.8. The number of hydrogen-bond acceptors (Lipinski definition) is 6. The van der Waals surface area contributed by atoms with Crippen LogP contribution in [0, 0.1) is 34.5 Å². The monoisotopic (exact) mass is 524 g/mol. The number of fused-ring (bicyclic) bond motifs is 1. The van der Waals surface area contributed by atoms with Crippen LogP contribution in [-0.2, 0) is 0 Å². The Bertz CT molecular complexity index is 1320. The second-order valence-electron chi connectivity index (χ2n) is 11.5. The lowest BCUT2D eigenvalue weighted by molar-refractivity contribution is 0.126. The molecule has 3 aromatic rings. The van der Waals surface area contributed by atoms with Crippen LogP contribution in [0.4, 0.5) is 0 Å². The summed E-state index contributed by atoms with van der Waals surface area (Å²) in [5.74, 6) is 1.59. The fourth-order valence-electron chi connectivity index (χ4n) is 6.44. The summed E-state index contributed by atoms with van der Waals surface area (Å²) in [5.41, 5.74) is 4.74. The van der Waals surface area contributed by atoms with Crippen molar-refractivity contribution in [2.75, 3.05) is 26.2 Å². The van der Waals surface area contributed by atoms with Gasteiger partial charge in [-0.1, -0.05) is 51.2 Å². The maximum absolute atomic E-state index is 9.36. The van der Waals surface area contributed by atoms with E-state index < -0.39 is 0 Å². The molecule has 5 rings (SSSR count). The van der Waals surface area contributed by atoms with Gasteiger partial charge in [0.25, 0.3) is 0 Å². The van der Waals surface area contributed by atoms with E-state index in [1.165, 1.54) is 37.7 Å². The van der Waals surface area contributed by atoms with E-state index in [0.29, 0.717) is 36.4 Å². The maximum atomic E-state index is 9.36. The third-order valence-corrected chi connectivity index (χ3v) is 8.59. The van der Waals surface area contributed by atoms with Crippen LogP contribution in [0.2, 0.25) is 0 Å². The molecule has 204 valence electrons. The van der Waals surface area contributed by atoms with Gasteiger partial charge in [-0.25, -0.2) is 4.98 Å². The predicted molar refractivity (Wildman–Crippen MR) is 152 cm³/mol. The number of imidazole rings is 1. The number of likely N-dealkylation sites (tertiary alicyclic amines) is 1. The van der Waals surface area contributed by atoms with Gasteiger partial charge < -0.3 is 9.64 Å². The van der Waals surface area contributed by atoms with Crippen LogP contribution in [0.15, 0.2) is 36.7 Å². The van der Waals surface area contributed by atoms with Crippen molar-refractivity contribution in [1.29, 1.82) is 10.5 Å². The summed E-state index contributed by atoms with van der Waals surface area (Å²) in [5, 5.41) is 18.3. The zero-order chi connectivity index (χ0) is 27.0. The first-order valence-corrected chi connectivity index (χ1v) is 14.8. The first-order valence-electron chi connectivity index (χ1n) is 14.8. The highest BCUT2D eigenvalue weighted by molar-refractivity contribution is 5.72. The number of piperidine rings is 1. The van der Waals surface area contributed by atoms with Crippen molar-refractivity contribution in [3.8, 4) is 29.4 Å². The van der Waals surface area contributed by atoms with Crippen LogP contribution in [0.3, 0.4) is 0 Å². The van der Waals surface area contributed by atoms with Crippen LogP contribution < -0.4 is 4.74 Å². The number of nitrogens with zero attached hydrogens (tertiary/aromatic N) is 6. The highest BCUT2D eigenvalue weighted by atomic mass is 16.5. The zero-order valence-electron chi connectivity index (χ0n) is 23.2. The standard InChI is InChI=1S/C32H40N6O/c1-24-7-2-3-10-27(11-4-8-24)29-30(28-14-12-25(21-34)13-15-28)36-32(38-20-17-35-31(29)38)39-23-26-9-5-18-37(22-26)19-6-16-33/h12-15,17,20,24,26-27H,2-11,18-19,22-23H2,1H3. The van der Waals surface area contributed by atoms with Gasteiger partial charge in [-0.2, -0.15) is 15.5 Å². The molecule has 3 unspecified atom stereocenters. The first-order chi connectivity index (χ1) is 19.2. The Morgan fingerprint density at radius 2 is 1.79 bits per heavy atom. The summed E-state index contributed by atoms with van der Waals surface area (Å²) in [6.07, 6.45) is 15.2. The van der Waals surface area contributed by atoms with Gasteiger partial charge in [-0.15, -0.1) is 0 Å². The number of benzene rings is 1. The fourth-order valence-corrected chi connectivity index (χ4v) is 6.44. The Labute approximate surface area is 232 Å². The molecule has 2 aliphatic rings. The van der Waals surface area contributed by atoms with Gasteiger partial charge in [0.1, 0.15) is 5.65 Å². The molecule has 1 saturated carbocycles. The molecular weight excluding hydrogens is 484 g/mol. The Hall–Kier alpha value is -3.42. The SMILES string of the molecule is CC1CCCCC(c2c(-c3ccc(C#N)cc3)nc(OCC3CCCN(CCC#N)C3)n3ccnc23)CCC1. The Kier molecular flexibility index (Phi) is 9.12. The van der Waals surface area contributed by atoms with Crippen LogP contribution in [0.25, 0.3) is 16.9 Å². The molecule has 0 N–H and O–H groups in total. The third kappa shape index (κ3) is 6.60. The van der Waals surface area contributed by atoms with Crippen molar-refractivity contribution in [2.24, 2.45) is 11.8 Å². The summed E-state index contributed by atoms with van der Waals surface area (Å²) in [6, 6.07) is 12.9. The zero-order valence-corrected chi connectivity index (χ0v) is 23.2. The molecule has 3 heterocycles. The van der Waals surface area contributed by atoms with E-state index >= 15 is 0 Å². The van der Waals surface area contributed by atoms with Crippen molar-refractivity contribution in [2.45, 2.75) is 77.0 Å². The molecule has 2 fully saturated rings. The average molecular weight is 525 g/mol. The molecule has 0 amide bonds. The fraction of sp³-hybridized carbons (Fsp3) is 0.562. The second-order valence-corrected chi connectivity index (χ2v) is 11.5. The molecule has 1 aliphatic heterocycles. The van der Waals surface area contributed by atoms with Gasteiger partial charge in [0.05, 0.1) is 30.0 Å². The molecule has 7 heteroatoms. The third-order valence-electron chi connectivity index (χ3n) is 8.59. The first kappa shape index (κ1) is 27.2. The van der Waals surface area contributed by atoms with Gasteiger partial charge >= 0.3 is 6.01 Å². The van der Waals surface area contributed by atoms with Crippen molar-refractivity contribution in [3.63, 3.8) is 0 Å². The van der Waals surface area contributed by atoms with Crippen molar-refractivity contribution in [1.82, 2.24) is 19.3 Å². The number of hydrogen-bond donors (Lipinski definition) is 0. The topological polar surface area (TPSA) is 90.2 Å². The molecule has 7 nitrogen and oxygen atoms in total. The van der Waals surface area contributed by atoms with E-state index in [1.807, 2.05) is 41.1 Å². The maximum Gasteiger partial charge on any atom is 0.302 e. The van der Waals surface area contributed by atoms with E-state index in [2.05, 4.69) is 24.0 Å². The summed E-state index contributed by atoms with van der Waals surface area (Å²) in [6.45, 7) is 5.82. The van der Waals surface area contributed by atoms with Crippen LogP contribution in [-0.4, -0.2) is 45.5 Å². The Morgan fingerprint density at radius 3 is 2.62 bits per heavy atom. The number of aromatic nitrogens is 3. The van der Waals surface area contributed by atoms with E-state index in [4.69, 9.17) is 20.0 Å². The molecule has 2 aromatic heterocycles. The van der Waals surface area contributed by atoms with Crippen LogP contribution >= 0.6 is 0 Å². The van der Waals surface area contributed by atoms with Gasteiger partial charge in [0.2, 0.25) is 0 Å². The van der Waals surface area contributed by atoms with Gasteiger partial charge in [0.15, 0.2) is 0 Å². The molecule has 3 atom stereocenters. The molecule has 39 heavy (non-hydrogen) atoms. The van der Waals surface area contributed by atoms with Gasteiger partial charge in [-0.05, 0) is 56.2 Å². The molecule has 0 bridgehead atoms. The lowest BCUT2D eigenvalue weighted by Crippen LogP contribution is -2.38. The molecule has 1 aromatic carbocycles. The van der Waals surface area contributed by atoms with Gasteiger partial charge in [-0.3, -0.25) is 4.40 Å². The van der Waals surface area contributed by atoms with Gasteiger partial charge in [0, 0.05) is 48.9 Å². The van der Waals surface area contributed by atoms with E-state index in [9.17, 15) is 5.26 Å². The van der Waals surface area contributed by atoms with E-state index in [1.54, 1.807) is 0 Å². The summed E-state index contributed by atoms with van der Waals surface area (Å²) >= 11 is 0. The lowest BCUT2D eigenvalue weighted by Gasteiger charge is -2.32. The predicted octanol–water partition coefficient (Wildman–Crippen LogP) is 6.74. The summed E-state index contributed by atoms with van der Waals surface area (Å²) in [7, 11) is 0. The number of ether oxygens (including phenoxy) is 1. The smallest absolute Gasteiger partial charge is 0.302 e. The van der Waals surface area contributed by atoms with Crippen molar-refractivity contribution < 1.29 is 4.74 Å².